The van der Waals surface area contributed by atoms with Gasteiger partial charge >= 0.3 is 0 Å². The van der Waals surface area contributed by atoms with Crippen molar-refractivity contribution in [3.8, 4) is 33.4 Å². The molecular weight excluding hydrogens is 622 g/mol. The van der Waals surface area contributed by atoms with Gasteiger partial charge in [0.05, 0.1) is 5.69 Å². The first kappa shape index (κ1) is 29.7. The van der Waals surface area contributed by atoms with Gasteiger partial charge in [-0.3, -0.25) is 0 Å². The lowest BCUT2D eigenvalue weighted by Gasteiger charge is -2.61. The second kappa shape index (κ2) is 10.5. The van der Waals surface area contributed by atoms with E-state index in [1.54, 1.807) is 6.07 Å². The number of benzene rings is 6. The molecule has 4 bridgehead atoms. The molecule has 6 aromatic carbocycles. The van der Waals surface area contributed by atoms with E-state index in [0.29, 0.717) is 11.8 Å². The highest BCUT2D eigenvalue weighted by Crippen LogP contribution is 2.70. The molecule has 6 aromatic rings. The summed E-state index contributed by atoms with van der Waals surface area (Å²) in [5.74, 6) is 2.79. The SMILES string of the molecule is CC1(C)c2ccccc2-c2c(N(c3ccc(-c4ccccc4)cc3)c3ccc4c(c3)C3(c5ccc(F)cc5-4)C4CC5CC(C4)CC3C5)cccc21. The van der Waals surface area contributed by atoms with Crippen molar-refractivity contribution >= 4 is 17.1 Å². The highest BCUT2D eigenvalue weighted by Gasteiger charge is 2.61. The summed E-state index contributed by atoms with van der Waals surface area (Å²) < 4.78 is 15.1. The summed E-state index contributed by atoms with van der Waals surface area (Å²) in [5.41, 5.74) is 16.4. The molecule has 0 radical (unpaired) electrons. The van der Waals surface area contributed by atoms with Crippen molar-refractivity contribution in [2.45, 2.75) is 56.8 Å². The van der Waals surface area contributed by atoms with E-state index in [1.807, 2.05) is 6.07 Å². The van der Waals surface area contributed by atoms with Gasteiger partial charge in [0.1, 0.15) is 5.82 Å². The molecule has 0 amide bonds. The van der Waals surface area contributed by atoms with Gasteiger partial charge in [0.2, 0.25) is 0 Å². The highest BCUT2D eigenvalue weighted by molar-refractivity contribution is 5.96. The standard InChI is InChI=1S/C49H42FN/c1-48(2)42-12-7-6-11-40(42)47-44(48)13-8-14-46(47)51(37-18-15-33(16-19-37)32-9-4-3-5-10-32)38-20-21-39-41-28-36(50)17-22-43(41)49(45(39)29-38)34-24-30-23-31(26-34)27-35(49)25-30/h3-22,28-31,34-35H,23-27H2,1-2H3. The summed E-state index contributed by atoms with van der Waals surface area (Å²) in [6.07, 6.45) is 6.62. The van der Waals surface area contributed by atoms with Crippen molar-refractivity contribution in [3.63, 3.8) is 0 Å². The van der Waals surface area contributed by atoms with Crippen LogP contribution in [0.4, 0.5) is 21.5 Å². The second-order valence-corrected chi connectivity index (χ2v) is 16.7. The Morgan fingerprint density at radius 3 is 1.94 bits per heavy atom. The number of anilines is 3. The lowest BCUT2D eigenvalue weighted by atomic mass is 9.43. The quantitative estimate of drug-likeness (QED) is 0.181. The molecule has 0 aromatic heterocycles. The molecule has 4 fully saturated rings. The van der Waals surface area contributed by atoms with Crippen molar-refractivity contribution in [2.75, 3.05) is 4.90 Å². The lowest BCUT2D eigenvalue weighted by molar-refractivity contribution is -0.0399. The smallest absolute Gasteiger partial charge is 0.123 e. The molecular formula is C49H42FN. The first-order valence-corrected chi connectivity index (χ1v) is 19.0. The Bertz CT molecular complexity index is 2340. The molecule has 0 atom stereocenters. The fraction of sp³-hybridized carbons (Fsp3) is 0.265. The van der Waals surface area contributed by atoms with Gasteiger partial charge in [-0.2, -0.15) is 0 Å². The van der Waals surface area contributed by atoms with Crippen molar-refractivity contribution in [1.82, 2.24) is 0 Å². The number of hydrogen-bond acceptors (Lipinski definition) is 1. The number of rotatable bonds is 4. The van der Waals surface area contributed by atoms with Gasteiger partial charge in [-0.1, -0.05) is 105 Å². The zero-order valence-electron chi connectivity index (χ0n) is 29.4. The van der Waals surface area contributed by atoms with Crippen LogP contribution in [0.1, 0.15) is 68.2 Å². The Morgan fingerprint density at radius 1 is 0.510 bits per heavy atom. The highest BCUT2D eigenvalue weighted by atomic mass is 19.1. The third kappa shape index (κ3) is 4.02. The minimum absolute atomic E-state index is 0.0438. The van der Waals surface area contributed by atoms with E-state index < -0.39 is 0 Å². The van der Waals surface area contributed by atoms with Crippen LogP contribution in [-0.2, 0) is 10.8 Å². The molecule has 12 rings (SSSR count). The van der Waals surface area contributed by atoms with E-state index in [2.05, 4.69) is 140 Å². The summed E-state index contributed by atoms with van der Waals surface area (Å²) in [6.45, 7) is 4.73. The van der Waals surface area contributed by atoms with Crippen LogP contribution < -0.4 is 4.90 Å². The molecule has 6 aliphatic carbocycles. The van der Waals surface area contributed by atoms with E-state index in [-0.39, 0.29) is 16.6 Å². The average molecular weight is 664 g/mol. The zero-order chi connectivity index (χ0) is 34.1. The minimum atomic E-state index is -0.133. The third-order valence-corrected chi connectivity index (χ3v) is 13.9. The van der Waals surface area contributed by atoms with Gasteiger partial charge in [-0.05, 0) is 148 Å². The Hall–Kier alpha value is -4.95. The van der Waals surface area contributed by atoms with Crippen molar-refractivity contribution < 1.29 is 4.39 Å². The molecule has 4 saturated carbocycles. The number of hydrogen-bond donors (Lipinski definition) is 0. The number of halogens is 1. The molecule has 250 valence electrons. The molecule has 0 N–H and O–H groups in total. The van der Waals surface area contributed by atoms with Crippen molar-refractivity contribution in [1.29, 1.82) is 0 Å². The molecule has 0 saturated heterocycles. The first-order chi connectivity index (χ1) is 24.9. The van der Waals surface area contributed by atoms with E-state index >= 15 is 4.39 Å². The summed E-state index contributed by atoms with van der Waals surface area (Å²) in [4.78, 5) is 2.51. The molecule has 51 heavy (non-hydrogen) atoms. The molecule has 1 spiro atoms. The molecule has 0 aliphatic heterocycles. The topological polar surface area (TPSA) is 3.24 Å². The lowest BCUT2D eigenvalue weighted by Crippen LogP contribution is -2.55. The van der Waals surface area contributed by atoms with Crippen LogP contribution in [-0.4, -0.2) is 0 Å². The summed E-state index contributed by atoms with van der Waals surface area (Å²) in [6, 6.07) is 48.5. The Kier molecular flexibility index (Phi) is 6.15. The predicted octanol–water partition coefficient (Wildman–Crippen LogP) is 13.0. The van der Waals surface area contributed by atoms with Gasteiger partial charge in [-0.15, -0.1) is 0 Å². The zero-order valence-corrected chi connectivity index (χ0v) is 29.4. The Morgan fingerprint density at radius 2 is 1.18 bits per heavy atom. The van der Waals surface area contributed by atoms with E-state index in [0.717, 1.165) is 23.1 Å². The Balaban J connectivity index is 1.15. The van der Waals surface area contributed by atoms with Crippen LogP contribution in [0.2, 0.25) is 0 Å². The van der Waals surface area contributed by atoms with Gasteiger partial charge in [-0.25, -0.2) is 4.39 Å². The molecule has 0 unspecified atom stereocenters. The van der Waals surface area contributed by atoms with Crippen molar-refractivity contribution in [3.05, 3.63) is 162 Å². The fourth-order valence-electron chi connectivity index (χ4n) is 12.1. The van der Waals surface area contributed by atoms with Gasteiger partial charge in [0, 0.05) is 27.8 Å². The van der Waals surface area contributed by atoms with E-state index in [9.17, 15) is 0 Å². The van der Waals surface area contributed by atoms with Gasteiger partial charge in [0.25, 0.3) is 0 Å². The van der Waals surface area contributed by atoms with Crippen LogP contribution >= 0.6 is 0 Å². The van der Waals surface area contributed by atoms with E-state index in [4.69, 9.17) is 0 Å². The maximum Gasteiger partial charge on any atom is 0.123 e. The summed E-state index contributed by atoms with van der Waals surface area (Å²) in [7, 11) is 0. The average Bonchev–Trinajstić information content (AvgIpc) is 3.56. The first-order valence-electron chi connectivity index (χ1n) is 19.0. The van der Waals surface area contributed by atoms with Crippen LogP contribution in [0, 0.1) is 29.5 Å². The van der Waals surface area contributed by atoms with Crippen LogP contribution in [0.15, 0.2) is 133 Å². The van der Waals surface area contributed by atoms with Gasteiger partial charge in [0.15, 0.2) is 0 Å². The number of nitrogens with zero attached hydrogens (tertiary/aromatic N) is 1. The monoisotopic (exact) mass is 663 g/mol. The predicted molar refractivity (Wildman–Crippen MR) is 207 cm³/mol. The second-order valence-electron chi connectivity index (χ2n) is 16.7. The van der Waals surface area contributed by atoms with Crippen LogP contribution in [0.25, 0.3) is 33.4 Å². The molecule has 0 heterocycles. The fourth-order valence-corrected chi connectivity index (χ4v) is 12.1. The molecule has 1 nitrogen and oxygen atoms in total. The third-order valence-electron chi connectivity index (χ3n) is 13.9. The molecule has 2 heteroatoms. The number of fused-ring (bicyclic) bond motifs is 6. The molecule has 6 aliphatic rings. The van der Waals surface area contributed by atoms with Crippen molar-refractivity contribution in [2.24, 2.45) is 23.7 Å². The normalized spacial score (nSPS) is 25.4. The largest absolute Gasteiger partial charge is 0.310 e. The van der Waals surface area contributed by atoms with E-state index in [1.165, 1.54) is 93.5 Å². The minimum Gasteiger partial charge on any atom is -0.310 e. The maximum atomic E-state index is 15.1. The summed E-state index contributed by atoms with van der Waals surface area (Å²) in [5, 5.41) is 0. The maximum absolute atomic E-state index is 15.1. The van der Waals surface area contributed by atoms with Crippen LogP contribution in [0.5, 0.6) is 0 Å². The van der Waals surface area contributed by atoms with Crippen LogP contribution in [0.3, 0.4) is 0 Å². The summed E-state index contributed by atoms with van der Waals surface area (Å²) >= 11 is 0. The Labute approximate surface area is 300 Å². The van der Waals surface area contributed by atoms with Gasteiger partial charge < -0.3 is 4.90 Å².